The summed E-state index contributed by atoms with van der Waals surface area (Å²) in [6.07, 6.45) is -3.03. The zero-order chi connectivity index (χ0) is 22.2. The lowest BCUT2D eigenvalue weighted by Gasteiger charge is -2.36. The first-order valence-electron chi connectivity index (χ1n) is 9.65. The van der Waals surface area contributed by atoms with Crippen molar-refractivity contribution in [2.45, 2.75) is 13.1 Å². The Labute approximate surface area is 180 Å². The Kier molecular flexibility index (Phi) is 5.70. The average Bonchev–Trinajstić information content (AvgIpc) is 3.27. The van der Waals surface area contributed by atoms with Gasteiger partial charge in [-0.2, -0.15) is 13.2 Å². The molecule has 0 saturated carbocycles. The van der Waals surface area contributed by atoms with E-state index in [1.807, 2.05) is 30.5 Å². The number of aryl methyl sites for hydroxylation is 1. The topological polar surface area (TPSA) is 36.4 Å². The molecular formula is C22H19F4N3OS. The van der Waals surface area contributed by atoms with Gasteiger partial charge in [0.15, 0.2) is 0 Å². The molecule has 0 aliphatic carbocycles. The third-order valence-corrected chi connectivity index (χ3v) is 6.06. The molecule has 0 radical (unpaired) electrons. The number of benzene rings is 2. The Balaban J connectivity index is 1.49. The second-order valence-corrected chi connectivity index (χ2v) is 8.22. The number of anilines is 1. The molecule has 1 saturated heterocycles. The van der Waals surface area contributed by atoms with Crippen LogP contribution in [0.1, 0.15) is 21.5 Å². The number of amides is 1. The predicted molar refractivity (Wildman–Crippen MR) is 112 cm³/mol. The van der Waals surface area contributed by atoms with E-state index in [4.69, 9.17) is 0 Å². The van der Waals surface area contributed by atoms with Crippen molar-refractivity contribution in [3.63, 3.8) is 0 Å². The maximum absolute atomic E-state index is 13.9. The molecule has 9 heteroatoms. The van der Waals surface area contributed by atoms with Crippen LogP contribution in [-0.2, 0) is 6.18 Å². The molecule has 0 bridgehead atoms. The Morgan fingerprint density at radius 1 is 1.06 bits per heavy atom. The highest BCUT2D eigenvalue weighted by Gasteiger charge is 2.34. The number of thiazole rings is 1. The molecule has 2 aromatic carbocycles. The van der Waals surface area contributed by atoms with E-state index in [2.05, 4.69) is 4.98 Å². The molecular weight excluding hydrogens is 430 g/mol. The van der Waals surface area contributed by atoms with Crippen LogP contribution in [0.3, 0.4) is 0 Å². The van der Waals surface area contributed by atoms with Gasteiger partial charge in [0.2, 0.25) is 0 Å². The summed E-state index contributed by atoms with van der Waals surface area (Å²) in [5, 5.41) is 2.62. The predicted octanol–water partition coefficient (Wildman–Crippen LogP) is 5.24. The largest absolute Gasteiger partial charge is 0.419 e. The second kappa shape index (κ2) is 8.30. The standard InChI is InChI=1S/C22H19F4N3OS/c1-14-2-4-16(20-27-6-11-31-20)17(12-14)21(30)29-9-7-28(8-10-29)15-3-5-18(19(23)13-15)22(24,25)26/h2-6,11-13H,7-10H2,1H3. The summed E-state index contributed by atoms with van der Waals surface area (Å²) in [6, 6.07) is 8.60. The summed E-state index contributed by atoms with van der Waals surface area (Å²) in [5.41, 5.74) is 1.40. The van der Waals surface area contributed by atoms with Gasteiger partial charge >= 0.3 is 6.18 Å². The lowest BCUT2D eigenvalue weighted by atomic mass is 10.0. The number of carbonyl (C=O) groups excluding carboxylic acids is 1. The number of rotatable bonds is 3. The molecule has 162 valence electrons. The minimum absolute atomic E-state index is 0.118. The van der Waals surface area contributed by atoms with Crippen LogP contribution < -0.4 is 4.90 Å². The van der Waals surface area contributed by atoms with Crippen LogP contribution in [0.5, 0.6) is 0 Å². The van der Waals surface area contributed by atoms with Crippen LogP contribution >= 0.6 is 11.3 Å². The SMILES string of the molecule is Cc1ccc(-c2nccs2)c(C(=O)N2CCN(c3ccc(C(F)(F)F)c(F)c3)CC2)c1. The monoisotopic (exact) mass is 449 g/mol. The third-order valence-electron chi connectivity index (χ3n) is 5.26. The van der Waals surface area contributed by atoms with Gasteiger partial charge in [-0.1, -0.05) is 17.7 Å². The molecule has 0 atom stereocenters. The van der Waals surface area contributed by atoms with Crippen molar-refractivity contribution in [1.82, 2.24) is 9.88 Å². The van der Waals surface area contributed by atoms with Gasteiger partial charge in [0, 0.05) is 49.0 Å². The Morgan fingerprint density at radius 2 is 1.81 bits per heavy atom. The highest BCUT2D eigenvalue weighted by Crippen LogP contribution is 2.33. The normalized spacial score (nSPS) is 14.7. The van der Waals surface area contributed by atoms with Crippen molar-refractivity contribution in [3.8, 4) is 10.6 Å². The molecule has 1 fully saturated rings. The van der Waals surface area contributed by atoms with Crippen LogP contribution in [0.2, 0.25) is 0 Å². The van der Waals surface area contributed by atoms with Crippen molar-refractivity contribution in [1.29, 1.82) is 0 Å². The number of piperazine rings is 1. The van der Waals surface area contributed by atoms with Crippen molar-refractivity contribution in [3.05, 3.63) is 70.5 Å². The van der Waals surface area contributed by atoms with Crippen molar-refractivity contribution in [2.24, 2.45) is 0 Å². The van der Waals surface area contributed by atoms with E-state index in [0.29, 0.717) is 37.4 Å². The lowest BCUT2D eigenvalue weighted by Crippen LogP contribution is -2.49. The third kappa shape index (κ3) is 4.41. The van der Waals surface area contributed by atoms with E-state index < -0.39 is 17.6 Å². The van der Waals surface area contributed by atoms with Crippen molar-refractivity contribution < 1.29 is 22.4 Å². The fourth-order valence-electron chi connectivity index (χ4n) is 3.65. The van der Waals surface area contributed by atoms with E-state index in [1.54, 1.807) is 16.0 Å². The molecule has 2 heterocycles. The minimum atomic E-state index is -4.73. The Hall–Kier alpha value is -2.94. The van der Waals surface area contributed by atoms with Gasteiger partial charge in [0.25, 0.3) is 5.91 Å². The van der Waals surface area contributed by atoms with Crippen molar-refractivity contribution >= 4 is 22.9 Å². The molecule has 4 nitrogen and oxygen atoms in total. The smallest absolute Gasteiger partial charge is 0.368 e. The van der Waals surface area contributed by atoms with Crippen LogP contribution in [-0.4, -0.2) is 42.0 Å². The molecule has 0 spiro atoms. The maximum Gasteiger partial charge on any atom is 0.419 e. The number of carbonyl (C=O) groups is 1. The van der Waals surface area contributed by atoms with E-state index in [1.165, 1.54) is 17.4 Å². The molecule has 1 aliphatic rings. The first kappa shape index (κ1) is 21.3. The number of nitrogens with zero attached hydrogens (tertiary/aromatic N) is 3. The summed E-state index contributed by atoms with van der Waals surface area (Å²) < 4.78 is 52.3. The van der Waals surface area contributed by atoms with Gasteiger partial charge in [-0.3, -0.25) is 4.79 Å². The number of alkyl halides is 3. The Bertz CT molecular complexity index is 1090. The van der Waals surface area contributed by atoms with Gasteiger partial charge in [0.05, 0.1) is 11.1 Å². The van der Waals surface area contributed by atoms with E-state index in [0.717, 1.165) is 28.3 Å². The lowest BCUT2D eigenvalue weighted by molar-refractivity contribution is -0.139. The molecule has 1 aromatic heterocycles. The van der Waals surface area contributed by atoms with E-state index in [-0.39, 0.29) is 5.91 Å². The molecule has 3 aromatic rings. The number of halogens is 4. The first-order chi connectivity index (χ1) is 14.7. The summed E-state index contributed by atoms with van der Waals surface area (Å²) in [4.78, 5) is 21.0. The average molecular weight is 449 g/mol. The van der Waals surface area contributed by atoms with Crippen LogP contribution in [0.15, 0.2) is 48.0 Å². The molecule has 4 rings (SSSR count). The molecule has 1 amide bonds. The zero-order valence-electron chi connectivity index (χ0n) is 16.6. The minimum Gasteiger partial charge on any atom is -0.368 e. The fraction of sp³-hybridized carbons (Fsp3) is 0.273. The summed E-state index contributed by atoms with van der Waals surface area (Å²) in [7, 11) is 0. The first-order valence-corrected chi connectivity index (χ1v) is 10.5. The highest BCUT2D eigenvalue weighted by molar-refractivity contribution is 7.13. The summed E-state index contributed by atoms with van der Waals surface area (Å²) >= 11 is 1.46. The van der Waals surface area contributed by atoms with Gasteiger partial charge in [-0.15, -0.1) is 11.3 Å². The van der Waals surface area contributed by atoms with E-state index >= 15 is 0 Å². The van der Waals surface area contributed by atoms with Crippen LogP contribution in [0, 0.1) is 12.7 Å². The second-order valence-electron chi connectivity index (χ2n) is 7.33. The zero-order valence-corrected chi connectivity index (χ0v) is 17.4. The Morgan fingerprint density at radius 3 is 2.42 bits per heavy atom. The summed E-state index contributed by atoms with van der Waals surface area (Å²) in [6.45, 7) is 3.48. The summed E-state index contributed by atoms with van der Waals surface area (Å²) in [5.74, 6) is -1.41. The van der Waals surface area contributed by atoms with Crippen LogP contribution in [0.4, 0.5) is 23.2 Å². The van der Waals surface area contributed by atoms with Crippen molar-refractivity contribution in [2.75, 3.05) is 31.1 Å². The molecule has 0 unspecified atom stereocenters. The number of hydrogen-bond donors (Lipinski definition) is 0. The quantitative estimate of drug-likeness (QED) is 0.513. The number of aromatic nitrogens is 1. The fourth-order valence-corrected chi connectivity index (χ4v) is 4.32. The van der Waals surface area contributed by atoms with Crippen LogP contribution in [0.25, 0.3) is 10.6 Å². The van der Waals surface area contributed by atoms with Gasteiger partial charge < -0.3 is 9.80 Å². The van der Waals surface area contributed by atoms with Gasteiger partial charge in [0.1, 0.15) is 10.8 Å². The molecule has 0 N–H and O–H groups in total. The van der Waals surface area contributed by atoms with Gasteiger partial charge in [-0.25, -0.2) is 9.37 Å². The van der Waals surface area contributed by atoms with Gasteiger partial charge in [-0.05, 0) is 31.2 Å². The maximum atomic E-state index is 13.9. The highest BCUT2D eigenvalue weighted by atomic mass is 32.1. The van der Waals surface area contributed by atoms with E-state index in [9.17, 15) is 22.4 Å². The molecule has 1 aliphatic heterocycles. The number of hydrogen-bond acceptors (Lipinski definition) is 4. The molecule has 31 heavy (non-hydrogen) atoms.